The van der Waals surface area contributed by atoms with Gasteiger partial charge < -0.3 is 15.8 Å². The summed E-state index contributed by atoms with van der Waals surface area (Å²) < 4.78 is 17.9. The van der Waals surface area contributed by atoms with Crippen molar-refractivity contribution >= 4 is 34.4 Å². The van der Waals surface area contributed by atoms with Crippen LogP contribution in [-0.4, -0.2) is 35.2 Å². The van der Waals surface area contributed by atoms with Crippen molar-refractivity contribution in [2.24, 2.45) is 0 Å². The molecule has 3 aromatic rings. The molecular formula is C20H18ClFN4O2. The number of alkyl halides is 1. The van der Waals surface area contributed by atoms with E-state index in [2.05, 4.69) is 15.3 Å². The highest BCUT2D eigenvalue weighted by molar-refractivity contribution is 6.34. The molecule has 0 spiro atoms. The molecular weight excluding hydrogens is 383 g/mol. The maximum atomic E-state index is 12.5. The average Bonchev–Trinajstić information content (AvgIpc) is 3.49. The molecule has 0 aliphatic heterocycles. The van der Waals surface area contributed by atoms with Gasteiger partial charge in [0, 0.05) is 6.04 Å². The second-order valence-electron chi connectivity index (χ2n) is 6.60. The quantitative estimate of drug-likeness (QED) is 0.657. The van der Waals surface area contributed by atoms with Crippen LogP contribution in [0, 0.1) is 0 Å². The molecule has 1 aliphatic carbocycles. The number of halogens is 2. The Kier molecular flexibility index (Phi) is 5.00. The summed E-state index contributed by atoms with van der Waals surface area (Å²) in [7, 11) is 0. The summed E-state index contributed by atoms with van der Waals surface area (Å²) in [4.78, 5) is 20.5. The highest BCUT2D eigenvalue weighted by Crippen LogP contribution is 2.31. The van der Waals surface area contributed by atoms with E-state index in [0.717, 1.165) is 24.0 Å². The molecule has 144 valence electrons. The summed E-state index contributed by atoms with van der Waals surface area (Å²) in [6.07, 6.45) is 2.02. The number of nitrogens with one attached hydrogen (secondary N) is 1. The van der Waals surface area contributed by atoms with E-state index in [-0.39, 0.29) is 30.4 Å². The van der Waals surface area contributed by atoms with Crippen LogP contribution < -0.4 is 15.8 Å². The fourth-order valence-electron chi connectivity index (χ4n) is 2.91. The predicted molar refractivity (Wildman–Crippen MR) is 106 cm³/mol. The van der Waals surface area contributed by atoms with Gasteiger partial charge in [0.05, 0.1) is 21.5 Å². The van der Waals surface area contributed by atoms with Gasteiger partial charge in [-0.05, 0) is 48.2 Å². The summed E-state index contributed by atoms with van der Waals surface area (Å²) in [5, 5.41) is 3.92. The molecule has 0 unspecified atom stereocenters. The van der Waals surface area contributed by atoms with E-state index < -0.39 is 6.67 Å². The number of fused-ring (bicyclic) bond motifs is 1. The minimum absolute atomic E-state index is 0.0585. The van der Waals surface area contributed by atoms with Crippen LogP contribution in [-0.2, 0) is 0 Å². The van der Waals surface area contributed by atoms with Gasteiger partial charge in [-0.1, -0.05) is 23.7 Å². The first-order valence-electron chi connectivity index (χ1n) is 8.92. The molecule has 4 rings (SSSR count). The van der Waals surface area contributed by atoms with Crippen molar-refractivity contribution in [2.75, 3.05) is 19.0 Å². The van der Waals surface area contributed by atoms with Crippen molar-refractivity contribution in [3.05, 3.63) is 47.0 Å². The highest BCUT2D eigenvalue weighted by atomic mass is 35.5. The average molecular weight is 401 g/mol. The van der Waals surface area contributed by atoms with Gasteiger partial charge in [-0.25, -0.2) is 9.37 Å². The molecule has 2 aromatic carbocycles. The molecule has 0 atom stereocenters. The Morgan fingerprint density at radius 2 is 1.96 bits per heavy atom. The Morgan fingerprint density at radius 1 is 1.21 bits per heavy atom. The molecule has 3 N–H and O–H groups in total. The van der Waals surface area contributed by atoms with Crippen molar-refractivity contribution in [2.45, 2.75) is 18.9 Å². The number of benzene rings is 2. The number of hydrogen-bond acceptors (Lipinski definition) is 5. The molecule has 1 saturated carbocycles. The van der Waals surface area contributed by atoms with Crippen molar-refractivity contribution in [1.29, 1.82) is 0 Å². The number of carbonyl (C=O) groups excluding carboxylic acids is 1. The SMILES string of the molecule is Nc1nc(OCCF)c2cc(-c3ccc(C(=O)NC4CC4)c(Cl)c3)ccc2n1. The van der Waals surface area contributed by atoms with Gasteiger partial charge in [-0.15, -0.1) is 0 Å². The molecule has 28 heavy (non-hydrogen) atoms. The summed E-state index contributed by atoms with van der Waals surface area (Å²) >= 11 is 6.35. The van der Waals surface area contributed by atoms with E-state index >= 15 is 0 Å². The van der Waals surface area contributed by atoms with Gasteiger partial charge in [0.15, 0.2) is 0 Å². The van der Waals surface area contributed by atoms with Crippen LogP contribution in [0.4, 0.5) is 10.3 Å². The van der Waals surface area contributed by atoms with E-state index in [4.69, 9.17) is 22.1 Å². The Balaban J connectivity index is 1.69. The molecule has 8 heteroatoms. The molecule has 1 heterocycles. The number of aromatic nitrogens is 2. The zero-order valence-electron chi connectivity index (χ0n) is 14.9. The van der Waals surface area contributed by atoms with Crippen molar-refractivity contribution in [3.8, 4) is 17.0 Å². The maximum Gasteiger partial charge on any atom is 0.253 e. The second kappa shape index (κ2) is 7.59. The lowest BCUT2D eigenvalue weighted by Crippen LogP contribution is -2.25. The number of nitrogens with zero attached hydrogens (tertiary/aromatic N) is 2. The van der Waals surface area contributed by atoms with Gasteiger partial charge in [-0.3, -0.25) is 4.79 Å². The fourth-order valence-corrected chi connectivity index (χ4v) is 3.18. The van der Waals surface area contributed by atoms with Crippen molar-refractivity contribution < 1.29 is 13.9 Å². The van der Waals surface area contributed by atoms with E-state index in [0.29, 0.717) is 21.5 Å². The predicted octanol–water partition coefficient (Wildman–Crippen LogP) is 3.77. The highest BCUT2D eigenvalue weighted by Gasteiger charge is 2.24. The summed E-state index contributed by atoms with van der Waals surface area (Å²) in [6.45, 7) is -0.752. The largest absolute Gasteiger partial charge is 0.474 e. The molecule has 0 radical (unpaired) electrons. The van der Waals surface area contributed by atoms with Crippen molar-refractivity contribution in [1.82, 2.24) is 15.3 Å². The summed E-state index contributed by atoms with van der Waals surface area (Å²) in [5.74, 6) is 0.125. The van der Waals surface area contributed by atoms with E-state index in [1.807, 2.05) is 18.2 Å². The molecule has 1 aromatic heterocycles. The third-order valence-electron chi connectivity index (χ3n) is 4.45. The number of nitrogen functional groups attached to an aromatic ring is 1. The third-order valence-corrected chi connectivity index (χ3v) is 4.77. The third kappa shape index (κ3) is 3.84. The smallest absolute Gasteiger partial charge is 0.253 e. The summed E-state index contributed by atoms with van der Waals surface area (Å²) in [5.41, 5.74) is 8.40. The zero-order valence-corrected chi connectivity index (χ0v) is 15.7. The van der Waals surface area contributed by atoms with Crippen LogP contribution in [0.3, 0.4) is 0 Å². The van der Waals surface area contributed by atoms with Gasteiger partial charge in [0.1, 0.15) is 13.3 Å². The number of carbonyl (C=O) groups is 1. The maximum absolute atomic E-state index is 12.5. The summed E-state index contributed by atoms with van der Waals surface area (Å²) in [6, 6.07) is 11.0. The minimum atomic E-state index is -0.634. The van der Waals surface area contributed by atoms with Crippen LogP contribution in [0.25, 0.3) is 22.0 Å². The normalized spacial score (nSPS) is 13.5. The Morgan fingerprint density at radius 3 is 2.68 bits per heavy atom. The molecule has 6 nitrogen and oxygen atoms in total. The van der Waals surface area contributed by atoms with Crippen LogP contribution in [0.2, 0.25) is 5.02 Å². The molecule has 1 fully saturated rings. The monoisotopic (exact) mass is 400 g/mol. The second-order valence-corrected chi connectivity index (χ2v) is 7.01. The lowest BCUT2D eigenvalue weighted by atomic mass is 10.0. The van der Waals surface area contributed by atoms with Crippen LogP contribution >= 0.6 is 11.6 Å². The van der Waals surface area contributed by atoms with Crippen LogP contribution in [0.5, 0.6) is 5.88 Å². The first kappa shape index (κ1) is 18.4. The van der Waals surface area contributed by atoms with Gasteiger partial charge in [-0.2, -0.15) is 4.98 Å². The van der Waals surface area contributed by atoms with Crippen LogP contribution in [0.15, 0.2) is 36.4 Å². The molecule has 0 bridgehead atoms. The van der Waals surface area contributed by atoms with Gasteiger partial charge in [0.25, 0.3) is 5.91 Å². The fraction of sp³-hybridized carbons (Fsp3) is 0.250. The van der Waals surface area contributed by atoms with Gasteiger partial charge in [0.2, 0.25) is 11.8 Å². The lowest BCUT2D eigenvalue weighted by Gasteiger charge is -2.11. The first-order valence-corrected chi connectivity index (χ1v) is 9.30. The number of ether oxygens (including phenoxy) is 1. The number of anilines is 1. The Bertz CT molecular complexity index is 1060. The van der Waals surface area contributed by atoms with Gasteiger partial charge >= 0.3 is 0 Å². The topological polar surface area (TPSA) is 90.1 Å². The number of amides is 1. The van der Waals surface area contributed by atoms with E-state index in [1.54, 1.807) is 18.2 Å². The van der Waals surface area contributed by atoms with Crippen LogP contribution in [0.1, 0.15) is 23.2 Å². The molecule has 0 saturated heterocycles. The number of rotatable bonds is 6. The molecule has 1 aliphatic rings. The standard InChI is InChI=1S/C20H18ClFN4O2/c21-16-10-12(1-5-14(16)18(27)24-13-3-4-13)11-2-6-17-15(9-11)19(28-8-7-22)26-20(23)25-17/h1-2,5-6,9-10,13H,3-4,7-8H2,(H,24,27)(H2,23,25,26). The minimum Gasteiger partial charge on any atom is -0.474 e. The Labute approximate surface area is 165 Å². The van der Waals surface area contributed by atoms with E-state index in [1.165, 1.54) is 0 Å². The number of nitrogens with two attached hydrogens (primary N) is 1. The number of hydrogen-bond donors (Lipinski definition) is 2. The van der Waals surface area contributed by atoms with E-state index in [9.17, 15) is 9.18 Å². The zero-order chi connectivity index (χ0) is 19.7. The Hall–Kier alpha value is -2.93. The lowest BCUT2D eigenvalue weighted by molar-refractivity contribution is 0.0951. The van der Waals surface area contributed by atoms with Crippen molar-refractivity contribution in [3.63, 3.8) is 0 Å². The molecule has 1 amide bonds. The first-order chi connectivity index (χ1) is 13.5.